The first-order valence-electron chi connectivity index (χ1n) is 14.7. The van der Waals surface area contributed by atoms with Gasteiger partial charge in [-0.15, -0.1) is 0 Å². The monoisotopic (exact) mass is 540 g/mol. The number of rotatable bonds is 6. The molecule has 1 atom stereocenters. The summed E-state index contributed by atoms with van der Waals surface area (Å²) >= 11 is 0. The van der Waals surface area contributed by atoms with Gasteiger partial charge in [0.05, 0.1) is 29.6 Å². The molecule has 8 heteroatoms. The molecule has 0 unspecified atom stereocenters. The highest BCUT2D eigenvalue weighted by Gasteiger charge is 2.33. The first-order chi connectivity index (χ1) is 19.4. The van der Waals surface area contributed by atoms with Gasteiger partial charge < -0.3 is 14.8 Å². The molecular formula is C32H37FN6O. The minimum atomic E-state index is -0.160. The first kappa shape index (κ1) is 25.4. The number of pyridine rings is 1. The third-order valence-corrected chi connectivity index (χ3v) is 9.08. The van der Waals surface area contributed by atoms with Gasteiger partial charge >= 0.3 is 0 Å². The Labute approximate surface area is 234 Å². The number of hydrogen-bond donors (Lipinski definition) is 1. The van der Waals surface area contributed by atoms with E-state index in [0.717, 1.165) is 83.9 Å². The zero-order chi connectivity index (χ0) is 27.5. The fourth-order valence-electron chi connectivity index (χ4n) is 6.77. The largest absolute Gasteiger partial charge is 0.341 e. The van der Waals surface area contributed by atoms with E-state index in [2.05, 4.69) is 28.0 Å². The normalized spacial score (nSPS) is 19.0. The number of nitrogens with one attached hydrogen (secondary N) is 1. The molecular weight excluding hydrogens is 503 g/mol. The average molecular weight is 541 g/mol. The Morgan fingerprint density at radius 1 is 1.15 bits per heavy atom. The Bertz CT molecular complexity index is 1620. The molecule has 0 spiro atoms. The maximum absolute atomic E-state index is 16.7. The van der Waals surface area contributed by atoms with Gasteiger partial charge in [0.15, 0.2) is 5.82 Å². The predicted molar refractivity (Wildman–Crippen MR) is 154 cm³/mol. The van der Waals surface area contributed by atoms with Crippen LogP contribution in [-0.4, -0.2) is 43.2 Å². The highest BCUT2D eigenvalue weighted by Crippen LogP contribution is 2.42. The lowest BCUT2D eigenvalue weighted by Gasteiger charge is -2.25. The summed E-state index contributed by atoms with van der Waals surface area (Å²) in [6.07, 6.45) is 6.98. The van der Waals surface area contributed by atoms with E-state index in [1.54, 1.807) is 0 Å². The second kappa shape index (κ2) is 9.84. The molecule has 2 fully saturated rings. The van der Waals surface area contributed by atoms with Crippen LogP contribution in [0.4, 0.5) is 4.39 Å². The van der Waals surface area contributed by atoms with E-state index in [-0.39, 0.29) is 17.6 Å². The second-order valence-corrected chi connectivity index (χ2v) is 11.9. The topological polar surface area (TPSA) is 68.0 Å². The molecule has 0 bridgehead atoms. The second-order valence-electron chi connectivity index (χ2n) is 11.9. The van der Waals surface area contributed by atoms with Gasteiger partial charge in [-0.25, -0.2) is 4.39 Å². The van der Waals surface area contributed by atoms with E-state index in [1.165, 1.54) is 12.8 Å². The van der Waals surface area contributed by atoms with E-state index >= 15 is 4.39 Å². The molecule has 40 heavy (non-hydrogen) atoms. The fraction of sp³-hybridized carbons (Fsp3) is 0.469. The van der Waals surface area contributed by atoms with Crippen molar-refractivity contribution < 1.29 is 9.18 Å². The molecule has 5 heterocycles. The van der Waals surface area contributed by atoms with Gasteiger partial charge in [0.1, 0.15) is 0 Å². The Morgan fingerprint density at radius 2 is 2.00 bits per heavy atom. The Morgan fingerprint density at radius 3 is 2.73 bits per heavy atom. The molecule has 3 aliphatic rings. The molecule has 1 saturated heterocycles. The predicted octanol–water partition coefficient (Wildman–Crippen LogP) is 5.48. The molecule has 208 valence electrons. The van der Waals surface area contributed by atoms with Crippen LogP contribution in [0, 0.1) is 18.7 Å². The average Bonchev–Trinajstić information content (AvgIpc) is 3.48. The fourth-order valence-corrected chi connectivity index (χ4v) is 6.77. The highest BCUT2D eigenvalue weighted by molar-refractivity contribution is 6.05. The third-order valence-electron chi connectivity index (χ3n) is 9.08. The summed E-state index contributed by atoms with van der Waals surface area (Å²) in [6.45, 7) is 7.72. The Hall–Kier alpha value is -3.52. The van der Waals surface area contributed by atoms with Crippen molar-refractivity contribution >= 4 is 16.8 Å². The summed E-state index contributed by atoms with van der Waals surface area (Å²) in [5, 5.41) is 8.39. The highest BCUT2D eigenvalue weighted by atomic mass is 19.1. The number of nitrogens with zero attached hydrogens (tertiary/aromatic N) is 5. The molecule has 1 aromatic carbocycles. The lowest BCUT2D eigenvalue weighted by atomic mass is 9.95. The van der Waals surface area contributed by atoms with E-state index < -0.39 is 0 Å². The number of halogens is 1. The standard InChI is InChI=1S/C32H37FN6O/c1-4-27-24(10-7-19(2)36-27)25-12-22(32(40)38-17-23-15-35-37(3)28(23)18-38)13-26-29(33)30(21-6-5-11-34-14-21)39(31(25)26)16-20-8-9-20/h7,10,12-13,15,20-21,34H,4-6,8-9,11,14,16-18H2,1-3H3/t21-/m0/s1. The summed E-state index contributed by atoms with van der Waals surface area (Å²) in [6, 6.07) is 7.95. The van der Waals surface area contributed by atoms with Gasteiger partial charge in [-0.2, -0.15) is 5.10 Å². The van der Waals surface area contributed by atoms with E-state index in [4.69, 9.17) is 4.98 Å². The van der Waals surface area contributed by atoms with E-state index in [0.29, 0.717) is 30.0 Å². The van der Waals surface area contributed by atoms with Crippen molar-refractivity contribution in [1.82, 2.24) is 29.5 Å². The van der Waals surface area contributed by atoms with E-state index in [9.17, 15) is 4.79 Å². The van der Waals surface area contributed by atoms with Crippen LogP contribution in [-0.2, 0) is 33.1 Å². The third kappa shape index (κ3) is 4.24. The quantitative estimate of drug-likeness (QED) is 0.352. The van der Waals surface area contributed by atoms with Crippen LogP contribution >= 0.6 is 0 Å². The molecule has 1 saturated carbocycles. The van der Waals surface area contributed by atoms with Gasteiger partial charge in [-0.3, -0.25) is 14.5 Å². The Kier molecular flexibility index (Phi) is 6.26. The van der Waals surface area contributed by atoms with Gasteiger partial charge in [0.2, 0.25) is 0 Å². The number of fused-ring (bicyclic) bond motifs is 2. The summed E-state index contributed by atoms with van der Waals surface area (Å²) in [7, 11) is 1.91. The molecule has 4 aromatic rings. The number of piperidine rings is 1. The molecule has 7 nitrogen and oxygen atoms in total. The minimum absolute atomic E-state index is 0.0762. The maximum atomic E-state index is 16.7. The van der Waals surface area contributed by atoms with Crippen LogP contribution in [0.1, 0.15) is 77.2 Å². The van der Waals surface area contributed by atoms with Crippen molar-refractivity contribution in [1.29, 1.82) is 0 Å². The molecule has 7 rings (SSSR count). The van der Waals surface area contributed by atoms with Crippen LogP contribution in [0.25, 0.3) is 22.0 Å². The minimum Gasteiger partial charge on any atom is -0.341 e. The number of hydrogen-bond acceptors (Lipinski definition) is 4. The zero-order valence-corrected chi connectivity index (χ0v) is 23.6. The van der Waals surface area contributed by atoms with Gasteiger partial charge in [-0.1, -0.05) is 13.0 Å². The van der Waals surface area contributed by atoms with Crippen LogP contribution < -0.4 is 5.32 Å². The summed E-state index contributed by atoms with van der Waals surface area (Å²) in [4.78, 5) is 20.7. The lowest BCUT2D eigenvalue weighted by molar-refractivity contribution is 0.0748. The molecule has 2 aliphatic heterocycles. The number of amides is 1. The maximum Gasteiger partial charge on any atom is 0.254 e. The van der Waals surface area contributed by atoms with Gasteiger partial charge in [-0.05, 0) is 69.7 Å². The smallest absolute Gasteiger partial charge is 0.254 e. The molecule has 3 aromatic heterocycles. The number of carbonyl (C=O) groups excluding carboxylic acids is 1. The number of carbonyl (C=O) groups is 1. The molecule has 1 amide bonds. The first-order valence-corrected chi connectivity index (χ1v) is 14.7. The van der Waals surface area contributed by atoms with Crippen molar-refractivity contribution in [3.05, 3.63) is 70.2 Å². The Balaban J connectivity index is 1.44. The summed E-state index contributed by atoms with van der Waals surface area (Å²) < 4.78 is 20.8. The molecule has 1 N–H and O–H groups in total. The summed E-state index contributed by atoms with van der Waals surface area (Å²) in [5.41, 5.74) is 8.21. The molecule has 0 radical (unpaired) electrons. The summed E-state index contributed by atoms with van der Waals surface area (Å²) in [5.74, 6) is 0.465. The van der Waals surface area contributed by atoms with Crippen molar-refractivity contribution in [3.8, 4) is 11.1 Å². The SMILES string of the molecule is CCc1nc(C)ccc1-c1cc(C(=O)N2Cc3cnn(C)c3C2)cc2c(F)c([C@H]3CCCNC3)n(CC3CC3)c12. The van der Waals surface area contributed by atoms with Crippen molar-refractivity contribution in [2.45, 2.75) is 71.5 Å². The number of benzene rings is 1. The van der Waals surface area contributed by atoms with Crippen LogP contribution in [0.3, 0.4) is 0 Å². The lowest BCUT2D eigenvalue weighted by Crippen LogP contribution is -2.30. The van der Waals surface area contributed by atoms with Crippen molar-refractivity contribution in [2.75, 3.05) is 13.1 Å². The molecule has 1 aliphatic carbocycles. The van der Waals surface area contributed by atoms with Crippen LogP contribution in [0.2, 0.25) is 0 Å². The number of aryl methyl sites for hydroxylation is 3. The van der Waals surface area contributed by atoms with Crippen LogP contribution in [0.5, 0.6) is 0 Å². The van der Waals surface area contributed by atoms with Gasteiger partial charge in [0, 0.05) is 71.6 Å². The van der Waals surface area contributed by atoms with Crippen molar-refractivity contribution in [3.63, 3.8) is 0 Å². The number of aromatic nitrogens is 4. The van der Waals surface area contributed by atoms with Crippen molar-refractivity contribution in [2.24, 2.45) is 13.0 Å². The van der Waals surface area contributed by atoms with Gasteiger partial charge in [0.25, 0.3) is 5.91 Å². The zero-order valence-electron chi connectivity index (χ0n) is 23.6. The van der Waals surface area contributed by atoms with E-state index in [1.807, 2.05) is 47.9 Å². The van der Waals surface area contributed by atoms with Crippen LogP contribution in [0.15, 0.2) is 30.5 Å².